The van der Waals surface area contributed by atoms with Gasteiger partial charge in [0.25, 0.3) is 11.8 Å². The van der Waals surface area contributed by atoms with Crippen LogP contribution in [-0.2, 0) is 20.7 Å². The van der Waals surface area contributed by atoms with Crippen molar-refractivity contribution in [3.05, 3.63) is 58.0 Å². The quantitative estimate of drug-likeness (QED) is 0.854. The van der Waals surface area contributed by atoms with Crippen LogP contribution in [0.15, 0.2) is 41.8 Å². The van der Waals surface area contributed by atoms with E-state index in [-0.39, 0.29) is 6.42 Å². The van der Waals surface area contributed by atoms with Gasteiger partial charge in [-0.25, -0.2) is 4.39 Å². The van der Waals surface area contributed by atoms with E-state index in [4.69, 9.17) is 4.74 Å². The molecule has 0 aliphatic rings. The minimum absolute atomic E-state index is 0.0770. The number of ether oxygens (including phenoxy) is 1. The van der Waals surface area contributed by atoms with Gasteiger partial charge in [-0.1, -0.05) is 18.2 Å². The molecule has 0 saturated heterocycles. The molecule has 0 atom stereocenters. The smallest absolute Gasteiger partial charge is 0.310 e. The first-order valence-corrected chi connectivity index (χ1v) is 7.20. The number of thiophene rings is 1. The van der Waals surface area contributed by atoms with E-state index in [2.05, 4.69) is 5.32 Å². The Kier molecular flexibility index (Phi) is 5.37. The molecule has 0 spiro atoms. The Morgan fingerprint density at radius 3 is 2.50 bits per heavy atom. The summed E-state index contributed by atoms with van der Waals surface area (Å²) in [6, 6.07) is 8.64. The summed E-state index contributed by atoms with van der Waals surface area (Å²) in [6.07, 6.45) is -0.0770. The van der Waals surface area contributed by atoms with Crippen molar-refractivity contribution in [2.75, 3.05) is 6.61 Å². The fraction of sp³-hybridized carbons (Fsp3) is 0.133. The van der Waals surface area contributed by atoms with Crippen molar-refractivity contribution in [1.29, 1.82) is 0 Å². The Morgan fingerprint density at radius 2 is 1.86 bits per heavy atom. The minimum atomic E-state index is -0.703. The molecule has 1 aromatic carbocycles. The molecule has 0 saturated carbocycles. The molecule has 22 heavy (non-hydrogen) atoms. The van der Waals surface area contributed by atoms with E-state index in [0.717, 1.165) is 0 Å². The number of rotatable bonds is 5. The van der Waals surface area contributed by atoms with Crippen LogP contribution in [0.25, 0.3) is 0 Å². The molecule has 2 amide bonds. The lowest BCUT2D eigenvalue weighted by atomic mass is 10.1. The zero-order valence-corrected chi connectivity index (χ0v) is 12.2. The number of hydrogen-bond acceptors (Lipinski definition) is 5. The predicted molar refractivity (Wildman–Crippen MR) is 77.9 cm³/mol. The van der Waals surface area contributed by atoms with Crippen LogP contribution in [0.4, 0.5) is 4.39 Å². The molecule has 114 valence electrons. The number of hydrogen-bond donors (Lipinski definition) is 1. The standard InChI is InChI=1S/C15H12FNO4S/c16-11-5-3-10(4-6-11)8-14(19)21-9-13(18)17-15(20)12-2-1-7-22-12/h1-7H,8-9H2,(H,17,18,20). The number of carbonyl (C=O) groups excluding carboxylic acids is 3. The van der Waals surface area contributed by atoms with Crippen LogP contribution < -0.4 is 5.32 Å². The summed E-state index contributed by atoms with van der Waals surface area (Å²) in [6.45, 7) is -0.545. The molecule has 0 radical (unpaired) electrons. The zero-order valence-electron chi connectivity index (χ0n) is 11.4. The highest BCUT2D eigenvalue weighted by atomic mass is 32.1. The summed E-state index contributed by atoms with van der Waals surface area (Å²) in [5.41, 5.74) is 0.571. The summed E-state index contributed by atoms with van der Waals surface area (Å²) in [4.78, 5) is 35.0. The van der Waals surface area contributed by atoms with Crippen molar-refractivity contribution in [2.45, 2.75) is 6.42 Å². The molecular weight excluding hydrogens is 309 g/mol. The number of carbonyl (C=O) groups is 3. The van der Waals surface area contributed by atoms with Crippen molar-refractivity contribution in [3.63, 3.8) is 0 Å². The number of amides is 2. The van der Waals surface area contributed by atoms with Gasteiger partial charge in [-0.15, -0.1) is 11.3 Å². The summed E-state index contributed by atoms with van der Waals surface area (Å²) in [5.74, 6) is -2.27. The Hall–Kier alpha value is -2.54. The molecule has 0 bridgehead atoms. The second kappa shape index (κ2) is 7.46. The average Bonchev–Trinajstić information content (AvgIpc) is 3.02. The van der Waals surface area contributed by atoms with E-state index < -0.39 is 30.2 Å². The van der Waals surface area contributed by atoms with E-state index in [0.29, 0.717) is 10.4 Å². The molecule has 0 unspecified atom stereocenters. The van der Waals surface area contributed by atoms with Crippen LogP contribution >= 0.6 is 11.3 Å². The third-order valence-electron chi connectivity index (χ3n) is 2.62. The number of nitrogens with one attached hydrogen (secondary N) is 1. The lowest BCUT2D eigenvalue weighted by Gasteiger charge is -2.05. The van der Waals surface area contributed by atoms with Gasteiger partial charge < -0.3 is 4.74 Å². The summed E-state index contributed by atoms with van der Waals surface area (Å²) in [7, 11) is 0. The first kappa shape index (κ1) is 15.8. The fourth-order valence-electron chi connectivity index (χ4n) is 1.60. The molecule has 7 heteroatoms. The van der Waals surface area contributed by atoms with Gasteiger partial charge in [0.05, 0.1) is 11.3 Å². The highest BCUT2D eigenvalue weighted by molar-refractivity contribution is 7.12. The highest BCUT2D eigenvalue weighted by Crippen LogP contribution is 2.07. The summed E-state index contributed by atoms with van der Waals surface area (Å²) in [5, 5.41) is 3.83. The van der Waals surface area contributed by atoms with Crippen LogP contribution in [-0.4, -0.2) is 24.4 Å². The fourth-order valence-corrected chi connectivity index (χ4v) is 2.22. The normalized spacial score (nSPS) is 10.0. The maximum absolute atomic E-state index is 12.7. The molecule has 1 N–H and O–H groups in total. The highest BCUT2D eigenvalue weighted by Gasteiger charge is 2.13. The van der Waals surface area contributed by atoms with Crippen LogP contribution in [0.1, 0.15) is 15.2 Å². The van der Waals surface area contributed by atoms with Crippen molar-refractivity contribution >= 4 is 29.1 Å². The van der Waals surface area contributed by atoms with Crippen LogP contribution in [0, 0.1) is 5.82 Å². The second-order valence-corrected chi connectivity index (χ2v) is 5.27. The molecule has 0 aliphatic heterocycles. The first-order valence-electron chi connectivity index (χ1n) is 6.32. The molecular formula is C15H12FNO4S. The first-order chi connectivity index (χ1) is 10.5. The molecule has 1 aromatic heterocycles. The lowest BCUT2D eigenvalue weighted by Crippen LogP contribution is -2.33. The molecule has 0 fully saturated rings. The second-order valence-electron chi connectivity index (χ2n) is 4.32. The van der Waals surface area contributed by atoms with E-state index >= 15 is 0 Å². The number of imide groups is 1. The Balaban J connectivity index is 1.75. The minimum Gasteiger partial charge on any atom is -0.455 e. The SMILES string of the molecule is O=C(COC(=O)Cc1ccc(F)cc1)NC(=O)c1cccs1. The van der Waals surface area contributed by atoms with Gasteiger partial charge in [0.15, 0.2) is 6.61 Å². The third kappa shape index (κ3) is 4.78. The topological polar surface area (TPSA) is 72.5 Å². The van der Waals surface area contributed by atoms with Gasteiger partial charge in [0.2, 0.25) is 0 Å². The number of esters is 1. The molecule has 2 aromatic rings. The maximum Gasteiger partial charge on any atom is 0.310 e. The van der Waals surface area contributed by atoms with E-state index in [1.165, 1.54) is 35.6 Å². The zero-order chi connectivity index (χ0) is 15.9. The monoisotopic (exact) mass is 321 g/mol. The van der Waals surface area contributed by atoms with Gasteiger partial charge in [0, 0.05) is 0 Å². The number of halogens is 1. The maximum atomic E-state index is 12.7. The third-order valence-corrected chi connectivity index (χ3v) is 3.49. The lowest BCUT2D eigenvalue weighted by molar-refractivity contribution is -0.147. The van der Waals surface area contributed by atoms with Crippen molar-refractivity contribution < 1.29 is 23.5 Å². The van der Waals surface area contributed by atoms with Gasteiger partial charge in [0.1, 0.15) is 5.82 Å². The average molecular weight is 321 g/mol. The molecule has 1 heterocycles. The van der Waals surface area contributed by atoms with E-state index in [1.54, 1.807) is 17.5 Å². The molecule has 5 nitrogen and oxygen atoms in total. The molecule has 2 rings (SSSR count). The summed E-state index contributed by atoms with van der Waals surface area (Å²) < 4.78 is 17.5. The van der Waals surface area contributed by atoms with E-state index in [1.807, 2.05) is 0 Å². The van der Waals surface area contributed by atoms with E-state index in [9.17, 15) is 18.8 Å². The van der Waals surface area contributed by atoms with Crippen molar-refractivity contribution in [3.8, 4) is 0 Å². The van der Waals surface area contributed by atoms with Crippen molar-refractivity contribution in [2.24, 2.45) is 0 Å². The number of benzene rings is 1. The summed E-state index contributed by atoms with van der Waals surface area (Å²) >= 11 is 1.20. The van der Waals surface area contributed by atoms with Gasteiger partial charge >= 0.3 is 5.97 Å². The van der Waals surface area contributed by atoms with Crippen LogP contribution in [0.3, 0.4) is 0 Å². The Bertz CT molecular complexity index is 667. The predicted octanol–water partition coefficient (Wildman–Crippen LogP) is 1.93. The van der Waals surface area contributed by atoms with Gasteiger partial charge in [-0.3, -0.25) is 19.7 Å². The largest absolute Gasteiger partial charge is 0.455 e. The molecule has 0 aliphatic carbocycles. The van der Waals surface area contributed by atoms with Gasteiger partial charge in [-0.2, -0.15) is 0 Å². The van der Waals surface area contributed by atoms with Gasteiger partial charge in [-0.05, 0) is 29.1 Å². The van der Waals surface area contributed by atoms with Crippen LogP contribution in [0.2, 0.25) is 0 Å². The Labute approximate surface area is 129 Å². The van der Waals surface area contributed by atoms with Crippen molar-refractivity contribution in [1.82, 2.24) is 5.32 Å². The van der Waals surface area contributed by atoms with Crippen LogP contribution in [0.5, 0.6) is 0 Å². The Morgan fingerprint density at radius 1 is 1.14 bits per heavy atom.